The van der Waals surface area contributed by atoms with Gasteiger partial charge in [-0.3, -0.25) is 4.68 Å². The van der Waals surface area contributed by atoms with E-state index in [2.05, 4.69) is 10.4 Å². The molecule has 1 saturated heterocycles. The van der Waals surface area contributed by atoms with Gasteiger partial charge in [0.1, 0.15) is 0 Å². The minimum absolute atomic E-state index is 0.0380. The Bertz CT molecular complexity index is 651. The minimum atomic E-state index is -2.91. The molecule has 1 aromatic heterocycles. The molecule has 118 valence electrons. The van der Waals surface area contributed by atoms with E-state index in [-0.39, 0.29) is 17.5 Å². The number of aryl methyl sites for hydroxylation is 1. The Morgan fingerprint density at radius 3 is 2.71 bits per heavy atom. The van der Waals surface area contributed by atoms with Crippen LogP contribution < -0.4 is 5.32 Å². The minimum Gasteiger partial charge on any atom is -0.366 e. The second-order valence-electron chi connectivity index (χ2n) is 5.56. The van der Waals surface area contributed by atoms with Crippen molar-refractivity contribution in [1.82, 2.24) is 20.0 Å². The summed E-state index contributed by atoms with van der Waals surface area (Å²) in [6.45, 7) is 4.62. The second kappa shape index (κ2) is 5.92. The Morgan fingerprint density at radius 1 is 1.52 bits per heavy atom. The summed E-state index contributed by atoms with van der Waals surface area (Å²) >= 11 is 5.22. The first kappa shape index (κ1) is 16.2. The molecule has 0 unspecified atom stereocenters. The largest absolute Gasteiger partial charge is 0.366 e. The topological polar surface area (TPSA) is 67.2 Å². The lowest BCUT2D eigenvalue weighted by atomic mass is 10.2. The maximum absolute atomic E-state index is 11.6. The van der Waals surface area contributed by atoms with Crippen LogP contribution in [0.2, 0.25) is 0 Å². The Hall–Kier alpha value is -1.15. The smallest absolute Gasteiger partial charge is 0.168 e. The highest BCUT2D eigenvalue weighted by atomic mass is 32.2. The van der Waals surface area contributed by atoms with Gasteiger partial charge in [0.15, 0.2) is 14.9 Å². The van der Waals surface area contributed by atoms with E-state index in [9.17, 15) is 8.42 Å². The van der Waals surface area contributed by atoms with E-state index in [4.69, 9.17) is 12.2 Å². The molecule has 0 radical (unpaired) electrons. The molecular formula is C13H22N4O2S2. The van der Waals surface area contributed by atoms with Crippen LogP contribution in [0.4, 0.5) is 0 Å². The zero-order valence-corrected chi connectivity index (χ0v) is 14.5. The van der Waals surface area contributed by atoms with Crippen LogP contribution in [-0.2, 0) is 16.4 Å². The summed E-state index contributed by atoms with van der Waals surface area (Å²) < 4.78 is 25.2. The maximum Gasteiger partial charge on any atom is 0.168 e. The fourth-order valence-corrected chi connectivity index (χ4v) is 4.51. The first-order valence-corrected chi connectivity index (χ1v) is 9.16. The highest BCUT2D eigenvalue weighted by molar-refractivity contribution is 7.91. The highest BCUT2D eigenvalue weighted by Gasteiger charge is 2.31. The van der Waals surface area contributed by atoms with E-state index >= 15 is 0 Å². The van der Waals surface area contributed by atoms with E-state index in [1.807, 2.05) is 30.5 Å². The molecule has 21 heavy (non-hydrogen) atoms. The van der Waals surface area contributed by atoms with Gasteiger partial charge in [0.05, 0.1) is 23.2 Å². The average Bonchev–Trinajstić information content (AvgIpc) is 2.91. The predicted molar refractivity (Wildman–Crippen MR) is 87.1 cm³/mol. The van der Waals surface area contributed by atoms with E-state index in [0.29, 0.717) is 18.1 Å². The van der Waals surface area contributed by atoms with Crippen molar-refractivity contribution in [1.29, 1.82) is 0 Å². The van der Waals surface area contributed by atoms with E-state index < -0.39 is 9.84 Å². The first-order chi connectivity index (χ1) is 9.75. The summed E-state index contributed by atoms with van der Waals surface area (Å²) in [5.74, 6) is 0.453. The molecule has 1 atom stereocenters. The molecule has 0 aliphatic carbocycles. The number of hydrogen-bond donors (Lipinski definition) is 1. The van der Waals surface area contributed by atoms with Gasteiger partial charge in [-0.15, -0.1) is 0 Å². The molecule has 0 bridgehead atoms. The van der Waals surface area contributed by atoms with Gasteiger partial charge in [-0.1, -0.05) is 0 Å². The predicted octanol–water partition coefficient (Wildman–Crippen LogP) is 0.796. The average molecular weight is 330 g/mol. The van der Waals surface area contributed by atoms with Crippen molar-refractivity contribution < 1.29 is 8.42 Å². The van der Waals surface area contributed by atoms with Crippen LogP contribution in [-0.4, -0.2) is 53.8 Å². The number of rotatable bonds is 3. The fraction of sp³-hybridized carbons (Fsp3) is 0.692. The zero-order chi connectivity index (χ0) is 15.8. The van der Waals surface area contributed by atoms with Gasteiger partial charge in [0.2, 0.25) is 0 Å². The van der Waals surface area contributed by atoms with E-state index in [1.54, 1.807) is 7.05 Å². The Morgan fingerprint density at radius 2 is 2.19 bits per heavy atom. The zero-order valence-electron chi connectivity index (χ0n) is 12.9. The van der Waals surface area contributed by atoms with Gasteiger partial charge >= 0.3 is 0 Å². The number of thiocarbonyl (C=S) groups is 1. The molecule has 0 aromatic carbocycles. The quantitative estimate of drug-likeness (QED) is 0.827. The van der Waals surface area contributed by atoms with Crippen molar-refractivity contribution in [2.24, 2.45) is 0 Å². The van der Waals surface area contributed by atoms with Gasteiger partial charge in [0.25, 0.3) is 0 Å². The van der Waals surface area contributed by atoms with Crippen LogP contribution >= 0.6 is 12.2 Å². The van der Waals surface area contributed by atoms with Crippen molar-refractivity contribution in [2.45, 2.75) is 32.9 Å². The molecule has 1 aromatic rings. The SMILES string of the molecule is CNC(=S)N(C)Cc1c(C)nn([C@@H]2CCS(=O)(=O)C2)c1C. The van der Waals surface area contributed by atoms with Crippen LogP contribution in [0.1, 0.15) is 29.4 Å². The summed E-state index contributed by atoms with van der Waals surface area (Å²) in [5.41, 5.74) is 3.07. The number of nitrogens with one attached hydrogen (secondary N) is 1. The van der Waals surface area contributed by atoms with Crippen LogP contribution in [0, 0.1) is 13.8 Å². The maximum atomic E-state index is 11.6. The molecule has 1 aliphatic heterocycles. The van der Waals surface area contributed by atoms with Gasteiger partial charge in [0, 0.05) is 31.9 Å². The Labute approximate surface area is 131 Å². The molecule has 2 rings (SSSR count). The van der Waals surface area contributed by atoms with E-state index in [1.165, 1.54) is 0 Å². The van der Waals surface area contributed by atoms with Gasteiger partial charge in [-0.05, 0) is 32.5 Å². The van der Waals surface area contributed by atoms with E-state index in [0.717, 1.165) is 17.0 Å². The Balaban J connectivity index is 2.24. The van der Waals surface area contributed by atoms with Crippen molar-refractivity contribution in [2.75, 3.05) is 25.6 Å². The van der Waals surface area contributed by atoms with Crippen molar-refractivity contribution in [3.05, 3.63) is 17.0 Å². The van der Waals surface area contributed by atoms with Crippen LogP contribution in [0.5, 0.6) is 0 Å². The molecule has 8 heteroatoms. The third-order valence-corrected chi connectivity index (χ3v) is 6.25. The first-order valence-electron chi connectivity index (χ1n) is 6.93. The number of nitrogens with zero attached hydrogens (tertiary/aromatic N) is 3. The van der Waals surface area contributed by atoms with Crippen molar-refractivity contribution >= 4 is 27.2 Å². The lowest BCUT2D eigenvalue weighted by molar-refractivity contribution is 0.476. The lowest BCUT2D eigenvalue weighted by Crippen LogP contribution is -2.34. The van der Waals surface area contributed by atoms with Gasteiger partial charge < -0.3 is 10.2 Å². The molecule has 6 nitrogen and oxygen atoms in total. The van der Waals surface area contributed by atoms with Gasteiger partial charge in [-0.25, -0.2) is 8.42 Å². The fourth-order valence-electron chi connectivity index (χ4n) is 2.75. The second-order valence-corrected chi connectivity index (χ2v) is 8.18. The third kappa shape index (κ3) is 3.37. The molecule has 0 amide bonds. The third-order valence-electron chi connectivity index (χ3n) is 3.98. The Kier molecular flexibility index (Phi) is 4.57. The molecule has 0 spiro atoms. The lowest BCUT2D eigenvalue weighted by Gasteiger charge is -2.20. The van der Waals surface area contributed by atoms with Crippen LogP contribution in [0.25, 0.3) is 0 Å². The summed E-state index contributed by atoms with van der Waals surface area (Å²) in [6.07, 6.45) is 0.647. The molecule has 1 N–H and O–H groups in total. The normalized spacial score (nSPS) is 20.5. The molecule has 1 aliphatic rings. The summed E-state index contributed by atoms with van der Waals surface area (Å²) in [6, 6.07) is -0.0380. The van der Waals surface area contributed by atoms with Gasteiger partial charge in [-0.2, -0.15) is 5.10 Å². The summed E-state index contributed by atoms with van der Waals surface area (Å²) in [5, 5.41) is 8.18. The number of sulfone groups is 1. The molecule has 1 fully saturated rings. The van der Waals surface area contributed by atoms with Crippen LogP contribution in [0.3, 0.4) is 0 Å². The molecule has 0 saturated carbocycles. The molecular weight excluding hydrogens is 308 g/mol. The monoisotopic (exact) mass is 330 g/mol. The number of hydrogen-bond acceptors (Lipinski definition) is 4. The molecule has 2 heterocycles. The summed E-state index contributed by atoms with van der Waals surface area (Å²) in [4.78, 5) is 1.95. The van der Waals surface area contributed by atoms with Crippen molar-refractivity contribution in [3.63, 3.8) is 0 Å². The summed E-state index contributed by atoms with van der Waals surface area (Å²) in [7, 11) is 0.816. The standard InChI is InChI=1S/C13H22N4O2S2/c1-9-12(7-16(4)13(20)14-3)10(2)17(15-9)11-5-6-21(18,19)8-11/h11H,5-8H2,1-4H3,(H,14,20)/t11-/m1/s1. The number of aromatic nitrogens is 2. The van der Waals surface area contributed by atoms with Crippen molar-refractivity contribution in [3.8, 4) is 0 Å². The van der Waals surface area contributed by atoms with Crippen LogP contribution in [0.15, 0.2) is 0 Å². The highest BCUT2D eigenvalue weighted by Crippen LogP contribution is 2.27.